The number of piperidine rings is 5. The number of hydrogen-bond donors (Lipinski definition) is 8. The molecule has 782 valence electrons. The first kappa shape index (κ1) is 106. The predicted molar refractivity (Wildman–Crippen MR) is 575 cm³/mol. The molecule has 6 fully saturated rings. The van der Waals surface area contributed by atoms with E-state index >= 15 is 0 Å². The number of ketones is 4. The lowest BCUT2D eigenvalue weighted by atomic mass is 10.0. The van der Waals surface area contributed by atoms with Gasteiger partial charge in [0, 0.05) is 113 Å². The Bertz CT molecular complexity index is 7040. The molecule has 39 nitrogen and oxygen atoms in total. The van der Waals surface area contributed by atoms with Gasteiger partial charge < -0.3 is 71.2 Å². The fourth-order valence-electron chi connectivity index (χ4n) is 18.6. The van der Waals surface area contributed by atoms with E-state index in [1.165, 1.54) is 121 Å². The van der Waals surface area contributed by atoms with Gasteiger partial charge in [0.25, 0.3) is 29.4 Å². The number of fused-ring (bicyclic) bond motifs is 6. The van der Waals surface area contributed by atoms with Crippen molar-refractivity contribution in [2.75, 3.05) is 171 Å². The van der Waals surface area contributed by atoms with E-state index in [2.05, 4.69) is 70.6 Å². The number of aliphatic imine (C=N–C) groups is 5. The van der Waals surface area contributed by atoms with Gasteiger partial charge in [-0.3, -0.25) is 49.1 Å². The van der Waals surface area contributed by atoms with Gasteiger partial charge in [-0.25, -0.2) is 47.5 Å². The molecule has 40 heteroatoms. The number of rotatable bonds is 31. The van der Waals surface area contributed by atoms with Crippen LogP contribution in [0.2, 0.25) is 0 Å². The monoisotopic (exact) mass is 2050 g/mol. The molecule has 0 atom stereocenters. The summed E-state index contributed by atoms with van der Waals surface area (Å²) in [4.78, 5) is 84.2. The summed E-state index contributed by atoms with van der Waals surface area (Å²) in [5, 5.41) is 55.5. The molecule has 0 spiro atoms. The highest BCUT2D eigenvalue weighted by Crippen LogP contribution is 2.40. The van der Waals surface area contributed by atoms with Crippen LogP contribution >= 0.6 is 11.6 Å². The topological polar surface area (TPSA) is 464 Å². The van der Waals surface area contributed by atoms with Crippen LogP contribution in [0.5, 0.6) is 29.4 Å². The van der Waals surface area contributed by atoms with Crippen LogP contribution in [-0.2, 0) is 28.7 Å². The van der Waals surface area contributed by atoms with E-state index in [9.17, 15) is 24.3 Å². The quantitative estimate of drug-likeness (QED) is 0.0148. The molecular formula is C109H131ClN26O13. The van der Waals surface area contributed by atoms with Gasteiger partial charge in [-0.1, -0.05) is 74.0 Å². The van der Waals surface area contributed by atoms with E-state index < -0.39 is 0 Å². The van der Waals surface area contributed by atoms with Crippen LogP contribution in [0.25, 0.3) is 27.6 Å². The predicted octanol–water partition coefficient (Wildman–Crippen LogP) is 12.4. The molecule has 0 saturated carbocycles. The lowest BCUT2D eigenvalue weighted by Crippen LogP contribution is -2.33. The van der Waals surface area contributed by atoms with Crippen LogP contribution in [-0.4, -0.2) is 311 Å². The van der Waals surface area contributed by atoms with Crippen LogP contribution in [0.15, 0.2) is 263 Å². The first-order valence-corrected chi connectivity index (χ1v) is 51.9. The average molecular weight is 2050 g/mol. The molecule has 11 N–H and O–H groups in total. The molecule has 10 aromatic heterocycles. The Kier molecular flexibility index (Phi) is 36.6. The minimum atomic E-state index is -0.277. The third-order valence-electron chi connectivity index (χ3n) is 26.7. The molecule has 21 rings (SSSR count). The average Bonchev–Trinajstić information content (AvgIpc) is 1.66. The first-order valence-electron chi connectivity index (χ1n) is 51.6. The molecule has 11 aliphatic rings. The van der Waals surface area contributed by atoms with Gasteiger partial charge >= 0.3 is 0 Å². The maximum Gasteiger partial charge on any atom is 0.260 e. The highest BCUT2D eigenvalue weighted by Gasteiger charge is 2.31. The summed E-state index contributed by atoms with van der Waals surface area (Å²) in [6.07, 6.45) is 42.6. The zero-order chi connectivity index (χ0) is 103. The summed E-state index contributed by atoms with van der Waals surface area (Å²) in [5.74, 6) is 2.68. The summed E-state index contributed by atoms with van der Waals surface area (Å²) >= 11 is 6.10. The maximum atomic E-state index is 12.6. The third kappa shape index (κ3) is 27.4. The van der Waals surface area contributed by atoms with Crippen molar-refractivity contribution in [1.29, 1.82) is 5.41 Å². The standard InChI is InChI=1S/C23H29N5O3.C22H28N6O3.C22H25N5O3.C21H24ClN5O2.C21H25N5O2/c1-17-15-19(18(16-21(17)30)24-8-13-29)25-22-20-7-3-6-11-28(20)26-23(22)31-14-12-27-9-4-2-5-10-27;23-16-14-17(24)20(30-13-11-29)15-18(16)25-21-19-6-2-5-9-28(19)26-22(21)31-12-10-27-7-3-1-4-8-27;28-19-14-17-20(29-12-7-23-17)15-16(19)24-21-18-6-2-5-10-27(18)25-22(21)30-13-11-26-8-3-1-4-9-26;1-14-13-15(18(23)17(22)20(14)28)24-19-16-7-3-6-10-27(16)25-21(19)29-12-11-26-8-4-2-5-9-26;1-15-13-17(16(22)14-19(15)27)23-20-18-7-3-6-10-26(18)24-21(20)28-12-11-25-8-4-2-5-9-25/h3,6-7,11,15-16,24,29H,2,4-5,8-10,12-14H2,1H3;2,5-6,9,14-15,23,29H,1,3-4,7-8,10-13,24H2;2,5-6,10,14-15,23H,1,3-4,7-9,11-13H2;3,6-7,10,13H,2,4-5,8-9,11-12,23H2,1H3;3,6-7,10,13-14H,2,4-5,8-9,11-12,22H2,1H3. The molecule has 149 heavy (non-hydrogen) atoms. The molecule has 6 saturated heterocycles. The van der Waals surface area contributed by atoms with E-state index in [0.29, 0.717) is 190 Å². The molecule has 10 aromatic rings. The van der Waals surface area contributed by atoms with Gasteiger partial charge in [-0.05, 0) is 247 Å². The van der Waals surface area contributed by atoms with E-state index in [4.69, 9.17) is 87.5 Å². The van der Waals surface area contributed by atoms with Crippen molar-refractivity contribution in [3.63, 3.8) is 0 Å². The van der Waals surface area contributed by atoms with Crippen molar-refractivity contribution in [3.8, 4) is 29.4 Å². The molecular weight excluding hydrogens is 1920 g/mol. The number of Topliss-reactive ketones (excluding diaryl/α,β-unsaturated/α-hetero) is 1. The number of carbonyl (C=O) groups is 4. The summed E-state index contributed by atoms with van der Waals surface area (Å²) in [5.41, 5.74) is 31.4. The second-order valence-electron chi connectivity index (χ2n) is 37.5. The molecule has 0 radical (unpaired) electrons. The normalized spacial score (nSPS) is 19.7. The first-order chi connectivity index (χ1) is 72.7. The molecule has 16 heterocycles. The van der Waals surface area contributed by atoms with Crippen molar-refractivity contribution in [3.05, 3.63) is 238 Å². The highest BCUT2D eigenvalue weighted by atomic mass is 35.5. The number of nitrogens with two attached hydrogens (primary N) is 3. The number of pyridine rings is 5. The fourth-order valence-corrected chi connectivity index (χ4v) is 18.9. The zero-order valence-electron chi connectivity index (χ0n) is 84.7. The summed E-state index contributed by atoms with van der Waals surface area (Å²) in [6.45, 7) is 24.9. The van der Waals surface area contributed by atoms with Gasteiger partial charge in [-0.15, -0.1) is 25.5 Å². The Hall–Kier alpha value is -14.8. The molecule has 0 bridgehead atoms. The van der Waals surface area contributed by atoms with Crippen LogP contribution in [0.1, 0.15) is 117 Å². The minimum Gasteiger partial charge on any atom is -0.490 e. The number of morpholine rings is 1. The van der Waals surface area contributed by atoms with E-state index in [-0.39, 0.29) is 59.4 Å². The number of ether oxygens (including phenoxy) is 7. The van der Waals surface area contributed by atoms with Crippen molar-refractivity contribution in [2.24, 2.45) is 42.2 Å². The van der Waals surface area contributed by atoms with Gasteiger partial charge in [-0.2, -0.15) is 0 Å². The maximum absolute atomic E-state index is 12.6. The summed E-state index contributed by atoms with van der Waals surface area (Å²) in [6, 6.07) is 28.7. The second-order valence-corrected chi connectivity index (χ2v) is 37.9. The number of hydrogen-bond acceptors (Lipinski definition) is 34. The lowest BCUT2D eigenvalue weighted by Gasteiger charge is -2.25. The van der Waals surface area contributed by atoms with E-state index in [1.54, 1.807) is 73.7 Å². The number of nitrogens with one attached hydrogen (secondary N) is 3. The number of nitrogens with zero attached hydrogens (tertiary/aromatic N) is 20. The number of carbonyl (C=O) groups excluding carboxylic acids is 4. The van der Waals surface area contributed by atoms with Crippen molar-refractivity contribution in [2.45, 2.75) is 117 Å². The Morgan fingerprint density at radius 2 is 0.745 bits per heavy atom. The van der Waals surface area contributed by atoms with Crippen molar-refractivity contribution < 1.29 is 62.5 Å². The smallest absolute Gasteiger partial charge is 0.260 e. The Morgan fingerprint density at radius 3 is 1.13 bits per heavy atom. The fraction of sp³-hybridized carbons (Fsp3) is 0.404. The minimum absolute atomic E-state index is 0.00668. The Labute approximate surface area is 869 Å². The Morgan fingerprint density at radius 1 is 0.389 bits per heavy atom. The zero-order valence-corrected chi connectivity index (χ0v) is 85.4. The third-order valence-corrected chi connectivity index (χ3v) is 27.1. The van der Waals surface area contributed by atoms with Gasteiger partial charge in [0.1, 0.15) is 68.5 Å². The number of aliphatic hydroxyl groups excluding tert-OH is 2. The van der Waals surface area contributed by atoms with Gasteiger partial charge in [0.2, 0.25) is 11.6 Å². The number of aromatic nitrogens is 10. The molecule has 0 unspecified atom stereocenters. The SMILES string of the molecule is CC1=CC(=Nc2c(OCCN3CCCCC3)nn3ccccc23)C(N)=C(Cl)C1=O.CC1=CC(=Nc2c(OCCN3CCCCC3)nn3ccccc23)C(N)=CC1=O.CC1=CC(=Nc2c(OCCN3CCCCC3)nn3ccccc23)C(NCCO)=CC1=O.N=C1C=C(N)C(OCCO)=CC1=Nc1c(OCCN2CCCCC2)nn2ccccc12.O=C1C=C2NCCOC2=CC1=Nc1c(OCCN2CCCCC2)nn2ccccc12. The van der Waals surface area contributed by atoms with Crippen molar-refractivity contribution in [1.82, 2.24) is 83.2 Å². The van der Waals surface area contributed by atoms with Gasteiger partial charge in [0.05, 0.1) is 97.8 Å². The van der Waals surface area contributed by atoms with Gasteiger partial charge in [0.15, 0.2) is 40.0 Å². The molecule has 0 aromatic carbocycles. The Balaban J connectivity index is 0.000000127. The van der Waals surface area contributed by atoms with Crippen LogP contribution in [0.4, 0.5) is 28.4 Å². The molecule has 5 aliphatic carbocycles. The second kappa shape index (κ2) is 51.7. The molecule has 6 aliphatic heterocycles. The van der Waals surface area contributed by atoms with E-state index in [1.807, 2.05) is 122 Å². The number of allylic oxidation sites excluding steroid dienone is 13. The van der Waals surface area contributed by atoms with Crippen LogP contribution in [0, 0.1) is 5.41 Å². The largest absolute Gasteiger partial charge is 0.490 e. The number of halogens is 1. The molecule has 0 amide bonds. The number of likely N-dealkylation sites (tertiary alicyclic amines) is 5. The number of aliphatic hydroxyl groups is 2. The summed E-state index contributed by atoms with van der Waals surface area (Å²) < 4.78 is 50.0. The summed E-state index contributed by atoms with van der Waals surface area (Å²) in [7, 11) is 0. The van der Waals surface area contributed by atoms with Crippen LogP contribution in [0.3, 0.4) is 0 Å². The van der Waals surface area contributed by atoms with E-state index in [0.717, 1.165) is 126 Å². The van der Waals surface area contributed by atoms with Crippen molar-refractivity contribution >= 4 is 125 Å². The lowest BCUT2D eigenvalue weighted by molar-refractivity contribution is -0.112. The highest BCUT2D eigenvalue weighted by molar-refractivity contribution is 6.51. The van der Waals surface area contributed by atoms with Crippen LogP contribution < -0.4 is 51.5 Å².